The molecule has 0 amide bonds. The highest BCUT2D eigenvalue weighted by molar-refractivity contribution is 8.13. The van der Waals surface area contributed by atoms with Crippen molar-refractivity contribution >= 4 is 27.8 Å². The zero-order valence-electron chi connectivity index (χ0n) is 16.0. The van der Waals surface area contributed by atoms with E-state index in [1.165, 1.54) is 11.8 Å². The Hall–Kier alpha value is -1.75. The predicted molar refractivity (Wildman–Crippen MR) is 110 cm³/mol. The first kappa shape index (κ1) is 20.6. The minimum Gasteiger partial charge on any atom is -0.493 e. The van der Waals surface area contributed by atoms with Crippen molar-refractivity contribution in [3.05, 3.63) is 40.7 Å². The molecule has 1 aromatic heterocycles. The van der Waals surface area contributed by atoms with Gasteiger partial charge in [-0.1, -0.05) is 44.7 Å². The summed E-state index contributed by atoms with van der Waals surface area (Å²) in [5.74, 6) is 1.64. The van der Waals surface area contributed by atoms with Gasteiger partial charge in [0.05, 0.1) is 12.1 Å². The highest BCUT2D eigenvalue weighted by Gasteiger charge is 2.09. The average Bonchev–Trinajstić information content (AvgIpc) is 2.63. The van der Waals surface area contributed by atoms with Crippen LogP contribution in [0.4, 0.5) is 0 Å². The van der Waals surface area contributed by atoms with Gasteiger partial charge in [-0.25, -0.2) is 0 Å². The smallest absolute Gasteiger partial charge is 0.254 e. The Morgan fingerprint density at radius 3 is 2.69 bits per heavy atom. The Morgan fingerprint density at radius 2 is 1.96 bits per heavy atom. The molecule has 0 saturated heterocycles. The van der Waals surface area contributed by atoms with Crippen molar-refractivity contribution in [2.45, 2.75) is 53.0 Å². The lowest BCUT2D eigenvalue weighted by Crippen LogP contribution is -2.20. The Morgan fingerprint density at radius 1 is 1.19 bits per heavy atom. The zero-order chi connectivity index (χ0) is 18.9. The van der Waals surface area contributed by atoms with Crippen LogP contribution in [0.15, 0.2) is 35.1 Å². The number of benzene rings is 1. The SMILES string of the molecule is CCCn1c(=O)cc(OCCCCCSC(=O)C(C)C)c2ccccc21. The summed E-state index contributed by atoms with van der Waals surface area (Å²) in [7, 11) is 0. The number of carbonyl (C=O) groups excluding carboxylic acids is 1. The van der Waals surface area contributed by atoms with E-state index in [0.29, 0.717) is 18.9 Å². The van der Waals surface area contributed by atoms with Gasteiger partial charge in [-0.2, -0.15) is 0 Å². The largest absolute Gasteiger partial charge is 0.493 e. The molecular weight excluding hydrogens is 346 g/mol. The number of carbonyl (C=O) groups is 1. The van der Waals surface area contributed by atoms with E-state index in [0.717, 1.165) is 42.3 Å². The molecule has 0 bridgehead atoms. The molecule has 0 N–H and O–H groups in total. The van der Waals surface area contributed by atoms with Crippen molar-refractivity contribution < 1.29 is 9.53 Å². The van der Waals surface area contributed by atoms with Gasteiger partial charge in [0.25, 0.3) is 5.56 Å². The first-order valence-electron chi connectivity index (χ1n) is 9.46. The van der Waals surface area contributed by atoms with Crippen LogP contribution in [0.2, 0.25) is 0 Å². The van der Waals surface area contributed by atoms with Crippen LogP contribution in [0.1, 0.15) is 46.5 Å². The third-order valence-electron chi connectivity index (χ3n) is 4.19. The Labute approximate surface area is 159 Å². The lowest BCUT2D eigenvalue weighted by Gasteiger charge is -2.13. The van der Waals surface area contributed by atoms with Gasteiger partial charge in [-0.15, -0.1) is 0 Å². The minimum atomic E-state index is -0.0100. The lowest BCUT2D eigenvalue weighted by atomic mass is 10.2. The maximum absolute atomic E-state index is 12.4. The van der Waals surface area contributed by atoms with Crippen LogP contribution in [-0.2, 0) is 11.3 Å². The summed E-state index contributed by atoms with van der Waals surface area (Å²) in [6.07, 6.45) is 3.86. The molecule has 0 aliphatic carbocycles. The molecule has 1 heterocycles. The number of aryl methyl sites for hydroxylation is 1. The third kappa shape index (κ3) is 5.63. The first-order chi connectivity index (χ1) is 12.5. The summed E-state index contributed by atoms with van der Waals surface area (Å²) in [4.78, 5) is 23.9. The van der Waals surface area contributed by atoms with Crippen LogP contribution in [-0.4, -0.2) is 22.0 Å². The number of ether oxygens (including phenoxy) is 1. The average molecular weight is 376 g/mol. The summed E-state index contributed by atoms with van der Waals surface area (Å²) in [6.45, 7) is 7.23. The molecule has 0 fully saturated rings. The zero-order valence-corrected chi connectivity index (χ0v) is 16.8. The predicted octanol–water partition coefficient (Wildman–Crippen LogP) is 4.88. The normalized spacial score (nSPS) is 11.2. The van der Waals surface area contributed by atoms with Crippen molar-refractivity contribution in [1.29, 1.82) is 0 Å². The highest BCUT2D eigenvalue weighted by Crippen LogP contribution is 2.24. The number of pyridine rings is 1. The molecule has 5 heteroatoms. The van der Waals surface area contributed by atoms with E-state index in [4.69, 9.17) is 4.74 Å². The highest BCUT2D eigenvalue weighted by atomic mass is 32.2. The molecule has 0 aliphatic rings. The number of aromatic nitrogens is 1. The molecule has 0 aliphatic heterocycles. The molecule has 0 spiro atoms. The van der Waals surface area contributed by atoms with Gasteiger partial charge in [0, 0.05) is 29.7 Å². The quantitative estimate of drug-likeness (QED) is 0.556. The van der Waals surface area contributed by atoms with E-state index in [1.54, 1.807) is 6.07 Å². The van der Waals surface area contributed by atoms with E-state index >= 15 is 0 Å². The number of hydrogen-bond acceptors (Lipinski definition) is 4. The molecule has 1 aromatic carbocycles. The van der Waals surface area contributed by atoms with E-state index in [-0.39, 0.29) is 16.6 Å². The Balaban J connectivity index is 1.88. The molecule has 0 saturated carbocycles. The number of thioether (sulfide) groups is 1. The van der Waals surface area contributed by atoms with E-state index in [9.17, 15) is 9.59 Å². The number of rotatable bonds is 10. The van der Waals surface area contributed by atoms with E-state index < -0.39 is 0 Å². The van der Waals surface area contributed by atoms with Gasteiger partial charge < -0.3 is 9.30 Å². The maximum atomic E-state index is 12.4. The van der Waals surface area contributed by atoms with Gasteiger partial charge in [0.1, 0.15) is 5.75 Å². The topological polar surface area (TPSA) is 48.3 Å². The second-order valence-corrected chi connectivity index (χ2v) is 7.85. The van der Waals surface area contributed by atoms with Crippen LogP contribution in [0, 0.1) is 5.92 Å². The molecule has 4 nitrogen and oxygen atoms in total. The van der Waals surface area contributed by atoms with Crippen molar-refractivity contribution in [1.82, 2.24) is 4.57 Å². The van der Waals surface area contributed by atoms with Crippen molar-refractivity contribution in [3.8, 4) is 5.75 Å². The van der Waals surface area contributed by atoms with Crippen molar-refractivity contribution in [3.63, 3.8) is 0 Å². The molecule has 26 heavy (non-hydrogen) atoms. The lowest BCUT2D eigenvalue weighted by molar-refractivity contribution is -0.113. The second-order valence-electron chi connectivity index (χ2n) is 6.75. The number of nitrogens with zero attached hydrogens (tertiary/aromatic N) is 1. The summed E-state index contributed by atoms with van der Waals surface area (Å²) in [5.41, 5.74) is 0.921. The van der Waals surface area contributed by atoms with Crippen LogP contribution >= 0.6 is 11.8 Å². The summed E-state index contributed by atoms with van der Waals surface area (Å²) >= 11 is 1.43. The summed E-state index contributed by atoms with van der Waals surface area (Å²) in [5, 5.41) is 1.25. The van der Waals surface area contributed by atoms with Gasteiger partial charge in [0.15, 0.2) is 5.12 Å². The minimum absolute atomic E-state index is 0.0100. The van der Waals surface area contributed by atoms with Gasteiger partial charge in [-0.3, -0.25) is 9.59 Å². The molecule has 142 valence electrons. The monoisotopic (exact) mass is 375 g/mol. The molecule has 0 atom stereocenters. The summed E-state index contributed by atoms with van der Waals surface area (Å²) < 4.78 is 7.72. The molecule has 0 unspecified atom stereocenters. The van der Waals surface area contributed by atoms with Crippen LogP contribution in [0.25, 0.3) is 10.9 Å². The second kappa shape index (κ2) is 10.4. The number of fused-ring (bicyclic) bond motifs is 1. The number of unbranched alkanes of at least 4 members (excludes halogenated alkanes) is 2. The fourth-order valence-corrected chi connectivity index (χ4v) is 3.66. The number of para-hydroxylation sites is 1. The third-order valence-corrected chi connectivity index (χ3v) is 5.44. The van der Waals surface area contributed by atoms with E-state index in [2.05, 4.69) is 6.92 Å². The molecular formula is C21H29NO3S. The van der Waals surface area contributed by atoms with Gasteiger partial charge in [-0.05, 0) is 37.8 Å². The van der Waals surface area contributed by atoms with Crippen LogP contribution < -0.4 is 10.3 Å². The summed E-state index contributed by atoms with van der Waals surface area (Å²) in [6, 6.07) is 9.51. The number of hydrogen-bond donors (Lipinski definition) is 0. The van der Waals surface area contributed by atoms with Crippen LogP contribution in [0.5, 0.6) is 5.75 Å². The first-order valence-corrected chi connectivity index (χ1v) is 10.4. The molecule has 2 rings (SSSR count). The Bertz CT molecular complexity index is 782. The fraction of sp³-hybridized carbons (Fsp3) is 0.524. The van der Waals surface area contributed by atoms with E-state index in [1.807, 2.05) is 42.7 Å². The standard InChI is InChI=1S/C21H29NO3S/c1-4-12-22-18-11-7-6-10-17(18)19(15-20(22)23)25-13-8-5-9-14-26-21(24)16(2)3/h6-7,10-11,15-16H,4-5,8-9,12-14H2,1-3H3. The van der Waals surface area contributed by atoms with Crippen molar-refractivity contribution in [2.75, 3.05) is 12.4 Å². The maximum Gasteiger partial charge on any atom is 0.254 e. The molecule has 2 aromatic rings. The molecule has 0 radical (unpaired) electrons. The fourth-order valence-electron chi connectivity index (χ4n) is 2.78. The van der Waals surface area contributed by atoms with Crippen molar-refractivity contribution in [2.24, 2.45) is 5.92 Å². The van der Waals surface area contributed by atoms with Crippen LogP contribution in [0.3, 0.4) is 0 Å². The Kier molecular flexibility index (Phi) is 8.23. The van der Waals surface area contributed by atoms with Gasteiger partial charge >= 0.3 is 0 Å². The van der Waals surface area contributed by atoms with Gasteiger partial charge in [0.2, 0.25) is 0 Å².